The SMILES string of the molecule is O=C(O)C(F)(F)F.O=C1CCCc2ccc(N3CCOc4cc(S(=O)(=O)Cc5nccs5)ccc43)cc21. The molecule has 0 saturated heterocycles. The Morgan fingerprint density at radius 3 is 2.59 bits per heavy atom. The van der Waals surface area contributed by atoms with Gasteiger partial charge in [0.15, 0.2) is 15.6 Å². The maximum atomic E-state index is 12.8. The molecule has 1 aromatic heterocycles. The molecule has 0 unspecified atom stereocenters. The van der Waals surface area contributed by atoms with E-state index < -0.39 is 22.0 Å². The van der Waals surface area contributed by atoms with Crippen LogP contribution >= 0.6 is 11.3 Å². The number of anilines is 2. The minimum atomic E-state index is -5.08. The number of ketones is 1. The number of halogens is 3. The minimum Gasteiger partial charge on any atom is -0.489 e. The molecular weight excluding hydrogens is 533 g/mol. The molecule has 1 aliphatic heterocycles. The number of aliphatic carboxylic acids is 1. The average Bonchev–Trinajstić information content (AvgIpc) is 3.35. The Labute approximate surface area is 214 Å². The summed E-state index contributed by atoms with van der Waals surface area (Å²) in [6.07, 6.45) is -1.05. The van der Waals surface area contributed by atoms with E-state index in [2.05, 4.69) is 9.88 Å². The van der Waals surface area contributed by atoms with Crippen molar-refractivity contribution in [3.63, 3.8) is 0 Å². The Morgan fingerprint density at radius 1 is 1.16 bits per heavy atom. The van der Waals surface area contributed by atoms with Gasteiger partial charge in [-0.1, -0.05) is 6.07 Å². The lowest BCUT2D eigenvalue weighted by Crippen LogP contribution is -2.29. The summed E-state index contributed by atoms with van der Waals surface area (Å²) in [6.45, 7) is 1.07. The van der Waals surface area contributed by atoms with E-state index in [1.165, 1.54) is 11.3 Å². The summed E-state index contributed by atoms with van der Waals surface area (Å²) in [5, 5.41) is 9.45. The largest absolute Gasteiger partial charge is 0.490 e. The van der Waals surface area contributed by atoms with Gasteiger partial charge in [0.1, 0.15) is 23.1 Å². The fourth-order valence-corrected chi connectivity index (χ4v) is 6.28. The van der Waals surface area contributed by atoms with Crippen LogP contribution in [-0.2, 0) is 26.8 Å². The van der Waals surface area contributed by atoms with Crippen LogP contribution in [0.4, 0.5) is 24.5 Å². The van der Waals surface area contributed by atoms with Crippen LogP contribution < -0.4 is 9.64 Å². The quantitative estimate of drug-likeness (QED) is 0.489. The molecule has 13 heteroatoms. The highest BCUT2D eigenvalue weighted by Crippen LogP contribution is 2.39. The highest BCUT2D eigenvalue weighted by Gasteiger charge is 2.38. The zero-order chi connectivity index (χ0) is 26.8. The molecule has 37 heavy (non-hydrogen) atoms. The number of carbonyl (C=O) groups is 2. The number of carboxylic acid groups (broad SMARTS) is 1. The molecule has 0 bridgehead atoms. The number of rotatable bonds is 4. The highest BCUT2D eigenvalue weighted by atomic mass is 32.2. The summed E-state index contributed by atoms with van der Waals surface area (Å²) in [7, 11) is -3.51. The van der Waals surface area contributed by atoms with Crippen LogP contribution in [0.25, 0.3) is 0 Å². The molecule has 0 atom stereocenters. The number of carbonyl (C=O) groups excluding carboxylic acids is 1. The van der Waals surface area contributed by atoms with E-state index in [1.807, 2.05) is 18.2 Å². The number of ether oxygens (including phenoxy) is 1. The molecule has 2 aromatic carbocycles. The second-order valence-corrected chi connectivity index (χ2v) is 11.2. The maximum absolute atomic E-state index is 12.8. The molecular formula is C24H21F3N2O6S2. The van der Waals surface area contributed by atoms with Gasteiger partial charge >= 0.3 is 12.1 Å². The summed E-state index contributed by atoms with van der Waals surface area (Å²) in [4.78, 5) is 27.6. The smallest absolute Gasteiger partial charge is 0.489 e. The summed E-state index contributed by atoms with van der Waals surface area (Å²) in [5.74, 6) is -2.16. The van der Waals surface area contributed by atoms with Gasteiger partial charge in [0.2, 0.25) is 0 Å². The molecule has 0 radical (unpaired) electrons. The summed E-state index contributed by atoms with van der Waals surface area (Å²) < 4.78 is 63.1. The first kappa shape index (κ1) is 26.6. The number of Topliss-reactive ketones (excluding diaryl/α,β-unsaturated/α-hetero) is 1. The van der Waals surface area contributed by atoms with Crippen LogP contribution in [0, 0.1) is 0 Å². The molecule has 8 nitrogen and oxygen atoms in total. The molecule has 0 spiro atoms. The lowest BCUT2D eigenvalue weighted by atomic mass is 9.90. The van der Waals surface area contributed by atoms with Gasteiger partial charge in [0, 0.05) is 35.3 Å². The molecule has 1 N–H and O–H groups in total. The Balaban J connectivity index is 0.000000405. The van der Waals surface area contributed by atoms with Gasteiger partial charge in [-0.15, -0.1) is 11.3 Å². The molecule has 2 aliphatic rings. The van der Waals surface area contributed by atoms with Gasteiger partial charge in [-0.25, -0.2) is 18.2 Å². The van der Waals surface area contributed by atoms with E-state index >= 15 is 0 Å². The van der Waals surface area contributed by atoms with Crippen molar-refractivity contribution in [2.24, 2.45) is 0 Å². The molecule has 196 valence electrons. The number of hydrogen-bond acceptors (Lipinski definition) is 8. The molecule has 0 saturated carbocycles. The first-order valence-corrected chi connectivity index (χ1v) is 13.6. The van der Waals surface area contributed by atoms with Crippen molar-refractivity contribution in [2.45, 2.75) is 36.1 Å². The van der Waals surface area contributed by atoms with E-state index in [-0.39, 0.29) is 16.4 Å². The normalized spacial score (nSPS) is 15.1. The Bertz CT molecular complexity index is 1420. The minimum absolute atomic E-state index is 0.125. The number of nitrogens with zero attached hydrogens (tertiary/aromatic N) is 2. The third-order valence-electron chi connectivity index (χ3n) is 5.75. The Morgan fingerprint density at radius 2 is 1.92 bits per heavy atom. The highest BCUT2D eigenvalue weighted by molar-refractivity contribution is 7.90. The molecule has 1 aliphatic carbocycles. The van der Waals surface area contributed by atoms with Gasteiger partial charge in [-0.3, -0.25) is 4.79 Å². The monoisotopic (exact) mass is 554 g/mol. The first-order chi connectivity index (χ1) is 17.5. The van der Waals surface area contributed by atoms with Crippen LogP contribution in [0.5, 0.6) is 5.75 Å². The lowest BCUT2D eigenvalue weighted by Gasteiger charge is -2.32. The van der Waals surface area contributed by atoms with Crippen molar-refractivity contribution in [3.8, 4) is 5.75 Å². The summed E-state index contributed by atoms with van der Waals surface area (Å²) in [6, 6.07) is 11.0. The number of carboxylic acids is 1. The molecule has 2 heterocycles. The summed E-state index contributed by atoms with van der Waals surface area (Å²) >= 11 is 1.32. The maximum Gasteiger partial charge on any atom is 0.490 e. The van der Waals surface area contributed by atoms with Crippen molar-refractivity contribution in [1.82, 2.24) is 4.98 Å². The third-order valence-corrected chi connectivity index (χ3v) is 8.34. The number of thiazole rings is 1. The van der Waals surface area contributed by atoms with Crippen LogP contribution in [0.3, 0.4) is 0 Å². The van der Waals surface area contributed by atoms with Crippen LogP contribution in [0.1, 0.15) is 33.8 Å². The van der Waals surface area contributed by atoms with Crippen LogP contribution in [-0.4, -0.2) is 49.6 Å². The van der Waals surface area contributed by atoms with Gasteiger partial charge in [-0.05, 0) is 42.7 Å². The third kappa shape index (κ3) is 6.10. The van der Waals surface area contributed by atoms with Gasteiger partial charge in [-0.2, -0.15) is 13.2 Å². The van der Waals surface area contributed by atoms with Crippen molar-refractivity contribution < 1.29 is 41.0 Å². The molecule has 0 fully saturated rings. The predicted molar refractivity (Wildman–Crippen MR) is 129 cm³/mol. The topological polar surface area (TPSA) is 114 Å². The van der Waals surface area contributed by atoms with Gasteiger partial charge in [0.25, 0.3) is 0 Å². The second-order valence-electron chi connectivity index (χ2n) is 8.24. The molecule has 0 amide bonds. The Kier molecular flexibility index (Phi) is 7.55. The van der Waals surface area contributed by atoms with Crippen molar-refractivity contribution >= 4 is 44.3 Å². The molecule has 5 rings (SSSR count). The molecule has 3 aromatic rings. The number of aromatic nitrogens is 1. The van der Waals surface area contributed by atoms with Crippen molar-refractivity contribution in [3.05, 3.63) is 64.1 Å². The first-order valence-electron chi connectivity index (χ1n) is 11.1. The van der Waals surface area contributed by atoms with Gasteiger partial charge < -0.3 is 14.7 Å². The van der Waals surface area contributed by atoms with Crippen molar-refractivity contribution in [1.29, 1.82) is 0 Å². The van der Waals surface area contributed by atoms with Crippen LogP contribution in [0.15, 0.2) is 52.9 Å². The number of hydrogen-bond donors (Lipinski definition) is 1. The number of sulfone groups is 1. The fraction of sp³-hybridized carbons (Fsp3) is 0.292. The number of alkyl halides is 3. The zero-order valence-corrected chi connectivity index (χ0v) is 20.8. The fourth-order valence-electron chi connectivity index (χ4n) is 4.02. The Hall–Kier alpha value is -3.45. The zero-order valence-electron chi connectivity index (χ0n) is 19.2. The van der Waals surface area contributed by atoms with E-state index in [4.69, 9.17) is 14.6 Å². The van der Waals surface area contributed by atoms with E-state index in [1.54, 1.807) is 29.8 Å². The van der Waals surface area contributed by atoms with Crippen molar-refractivity contribution in [2.75, 3.05) is 18.1 Å². The van der Waals surface area contributed by atoms with E-state index in [0.717, 1.165) is 35.3 Å². The predicted octanol–water partition coefficient (Wildman–Crippen LogP) is 4.80. The number of fused-ring (bicyclic) bond motifs is 2. The average molecular weight is 555 g/mol. The second kappa shape index (κ2) is 10.5. The van der Waals surface area contributed by atoms with Crippen LogP contribution in [0.2, 0.25) is 0 Å². The lowest BCUT2D eigenvalue weighted by molar-refractivity contribution is -0.192. The van der Waals surface area contributed by atoms with E-state index in [0.29, 0.717) is 30.3 Å². The number of aryl methyl sites for hydroxylation is 1. The standard InChI is InChI=1S/C22H20N2O4S2.C2HF3O2/c25-20-3-1-2-15-4-5-16(12-18(15)20)24-9-10-28-21-13-17(6-7-19(21)24)30(26,27)14-22-23-8-11-29-22;3-2(4,5)1(6)7/h4-8,11-13H,1-3,9-10,14H2;(H,6,7). The van der Waals surface area contributed by atoms with E-state index in [9.17, 15) is 26.4 Å². The van der Waals surface area contributed by atoms with Gasteiger partial charge in [0.05, 0.1) is 17.1 Å². The number of benzene rings is 2. The summed E-state index contributed by atoms with van der Waals surface area (Å²) in [5.41, 5.74) is 3.63.